The number of nitrogens with zero attached hydrogens (tertiary/aromatic N) is 2. The van der Waals surface area contributed by atoms with E-state index in [9.17, 15) is 0 Å². The van der Waals surface area contributed by atoms with Gasteiger partial charge in [0.1, 0.15) is 12.0 Å². The minimum absolute atomic E-state index is 0.0167. The monoisotopic (exact) mass is 702 g/mol. The molecule has 6 aromatic rings. The topological polar surface area (TPSA) is 63.7 Å². The molecule has 3 heterocycles. The smallest absolute Gasteiger partial charge is 0.131 e. The second kappa shape index (κ2) is 14.8. The van der Waals surface area contributed by atoms with E-state index in [-0.39, 0.29) is 12.2 Å². The van der Waals surface area contributed by atoms with E-state index in [0.29, 0.717) is 0 Å². The van der Waals surface area contributed by atoms with Gasteiger partial charge in [0, 0.05) is 30.3 Å². The van der Waals surface area contributed by atoms with Crippen LogP contribution in [0.3, 0.4) is 0 Å². The molecule has 2 unspecified atom stereocenters. The molecule has 9 rings (SSSR count). The Bertz CT molecular complexity index is 2440. The Balaban J connectivity index is 1.04. The van der Waals surface area contributed by atoms with Gasteiger partial charge in [-0.2, -0.15) is 0 Å². The van der Waals surface area contributed by atoms with Crippen LogP contribution in [-0.4, -0.2) is 19.8 Å². The van der Waals surface area contributed by atoms with E-state index >= 15 is 0 Å². The van der Waals surface area contributed by atoms with Crippen molar-refractivity contribution in [3.63, 3.8) is 0 Å². The van der Waals surface area contributed by atoms with E-state index in [2.05, 4.69) is 172 Å². The summed E-state index contributed by atoms with van der Waals surface area (Å²) in [7, 11) is 1.99. The van der Waals surface area contributed by atoms with Gasteiger partial charge in [-0.3, -0.25) is 4.99 Å². The molecule has 3 aliphatic rings. The van der Waals surface area contributed by atoms with Crippen molar-refractivity contribution in [1.29, 1.82) is 0 Å². The average molecular weight is 703 g/mol. The van der Waals surface area contributed by atoms with Crippen molar-refractivity contribution < 1.29 is 0 Å². The number of rotatable bonds is 9. The van der Waals surface area contributed by atoms with Crippen LogP contribution >= 0.6 is 0 Å². The van der Waals surface area contributed by atoms with Gasteiger partial charge >= 0.3 is 0 Å². The molecule has 0 radical (unpaired) electrons. The molecule has 264 valence electrons. The maximum absolute atomic E-state index is 5.01. The first-order chi connectivity index (χ1) is 26.7. The summed E-state index contributed by atoms with van der Waals surface area (Å²) in [5, 5.41) is 17.1. The number of anilines is 2. The zero-order valence-corrected chi connectivity index (χ0v) is 30.2. The number of allylic oxidation sites excluding steroid dienone is 2. The summed E-state index contributed by atoms with van der Waals surface area (Å²) in [4.78, 5) is 7.45. The van der Waals surface area contributed by atoms with Crippen molar-refractivity contribution in [2.75, 3.05) is 23.8 Å². The van der Waals surface area contributed by atoms with Crippen LogP contribution in [0.2, 0.25) is 0 Å². The second-order valence-electron chi connectivity index (χ2n) is 13.8. The molecule has 0 aliphatic carbocycles. The average Bonchev–Trinajstić information content (AvgIpc) is 3.66. The molecule has 0 bridgehead atoms. The van der Waals surface area contributed by atoms with Gasteiger partial charge in [-0.05, 0) is 75.8 Å². The van der Waals surface area contributed by atoms with Gasteiger partial charge in [0.05, 0.1) is 23.1 Å². The Kier molecular flexibility index (Phi) is 9.09. The SMILES string of the molecule is CNC(/C=C(\N=C\c1ccccc1)c1ccc(-c2ccc(C3Nc4c5c(c6ccccc6c4N3C3=CC=CCN3)C=CNC5)cc2)cc1)c1ccccc1. The summed E-state index contributed by atoms with van der Waals surface area (Å²) in [5.41, 5.74) is 12.7. The Hall–Kier alpha value is -6.63. The molecule has 0 saturated carbocycles. The van der Waals surface area contributed by atoms with Crippen LogP contribution in [0.25, 0.3) is 33.7 Å². The molecule has 0 fully saturated rings. The molecule has 2 atom stereocenters. The van der Waals surface area contributed by atoms with E-state index in [1.54, 1.807) is 0 Å². The quantitative estimate of drug-likeness (QED) is 0.113. The van der Waals surface area contributed by atoms with E-state index in [4.69, 9.17) is 4.99 Å². The molecular formula is C48H42N6. The molecule has 6 aromatic carbocycles. The molecule has 6 heteroatoms. The number of likely N-dealkylation sites (N-methyl/N-ethyl adjacent to an activating group) is 1. The van der Waals surface area contributed by atoms with Crippen molar-refractivity contribution in [1.82, 2.24) is 16.0 Å². The fraction of sp³-hybridized carbons (Fsp3) is 0.104. The first kappa shape index (κ1) is 33.2. The number of fused-ring (bicyclic) bond motifs is 6. The van der Waals surface area contributed by atoms with Gasteiger partial charge in [-0.25, -0.2) is 0 Å². The molecule has 6 nitrogen and oxygen atoms in total. The van der Waals surface area contributed by atoms with Crippen LogP contribution in [0.1, 0.15) is 45.6 Å². The lowest BCUT2D eigenvalue weighted by Crippen LogP contribution is -2.35. The molecule has 4 N–H and O–H groups in total. The third kappa shape index (κ3) is 6.37. The highest BCUT2D eigenvalue weighted by Crippen LogP contribution is 2.51. The Morgan fingerprint density at radius 2 is 1.52 bits per heavy atom. The highest BCUT2D eigenvalue weighted by atomic mass is 15.4. The highest BCUT2D eigenvalue weighted by Gasteiger charge is 2.37. The third-order valence-electron chi connectivity index (χ3n) is 10.5. The number of aliphatic imine (C=N–C) groups is 1. The van der Waals surface area contributed by atoms with E-state index in [1.807, 2.05) is 37.5 Å². The Labute approximate surface area is 317 Å². The standard InChI is InChI=1S/C48H42N6/c1-49-43(36-14-6-3-7-15-36)30-44(52-31-33-12-4-2-5-13-33)37-23-19-34(20-24-37)35-21-25-38(26-22-35)48-53-46-42-32-50-29-27-40(42)39-16-8-9-17-41(39)47(46)54(48)45-18-10-11-28-51-45/h2-27,29-31,43,48-51,53H,28,32H2,1H3/b44-30-,52-31+. The van der Waals surface area contributed by atoms with E-state index in [0.717, 1.165) is 46.9 Å². The maximum Gasteiger partial charge on any atom is 0.131 e. The zero-order chi connectivity index (χ0) is 36.3. The van der Waals surface area contributed by atoms with Gasteiger partial charge in [-0.1, -0.05) is 146 Å². The Morgan fingerprint density at radius 1 is 0.815 bits per heavy atom. The van der Waals surface area contributed by atoms with Crippen molar-refractivity contribution in [2.24, 2.45) is 4.99 Å². The lowest BCUT2D eigenvalue weighted by Gasteiger charge is -2.31. The summed E-state index contributed by atoms with van der Waals surface area (Å²) in [5.74, 6) is 1.09. The largest absolute Gasteiger partial charge is 0.387 e. The lowest BCUT2D eigenvalue weighted by molar-refractivity contribution is 0.715. The van der Waals surface area contributed by atoms with Gasteiger partial charge in [0.25, 0.3) is 0 Å². The summed E-state index contributed by atoms with van der Waals surface area (Å²) in [6.07, 6.45) is 14.8. The lowest BCUT2D eigenvalue weighted by atomic mass is 9.93. The van der Waals surface area contributed by atoms with Crippen molar-refractivity contribution in [3.05, 3.63) is 203 Å². The molecule has 0 saturated heterocycles. The van der Waals surface area contributed by atoms with Crippen molar-refractivity contribution in [2.45, 2.75) is 18.8 Å². The fourth-order valence-corrected chi connectivity index (χ4v) is 7.77. The summed E-state index contributed by atoms with van der Waals surface area (Å²) in [6, 6.07) is 47.3. The minimum atomic E-state index is -0.0811. The first-order valence-electron chi connectivity index (χ1n) is 18.6. The maximum atomic E-state index is 5.01. The molecule has 0 aromatic heterocycles. The predicted molar refractivity (Wildman–Crippen MR) is 226 cm³/mol. The van der Waals surface area contributed by atoms with Gasteiger partial charge in [0.2, 0.25) is 0 Å². The number of benzene rings is 6. The highest BCUT2D eigenvalue weighted by molar-refractivity contribution is 6.09. The van der Waals surface area contributed by atoms with Crippen LogP contribution < -0.4 is 26.2 Å². The summed E-state index contributed by atoms with van der Waals surface area (Å²) in [6.45, 7) is 1.58. The summed E-state index contributed by atoms with van der Waals surface area (Å²) >= 11 is 0. The van der Waals surface area contributed by atoms with Crippen molar-refractivity contribution in [3.8, 4) is 11.1 Å². The molecule has 3 aliphatic heterocycles. The molecule has 54 heavy (non-hydrogen) atoms. The molecule has 0 amide bonds. The zero-order valence-electron chi connectivity index (χ0n) is 30.2. The normalized spacial score (nSPS) is 16.7. The second-order valence-corrected chi connectivity index (χ2v) is 13.8. The van der Waals surface area contributed by atoms with Gasteiger partial charge in [0.15, 0.2) is 0 Å². The first-order valence-corrected chi connectivity index (χ1v) is 18.6. The minimum Gasteiger partial charge on any atom is -0.387 e. The molecule has 0 spiro atoms. The van der Waals surface area contributed by atoms with Crippen LogP contribution in [0.5, 0.6) is 0 Å². The molecular weight excluding hydrogens is 661 g/mol. The van der Waals surface area contributed by atoms with Crippen LogP contribution in [-0.2, 0) is 6.54 Å². The third-order valence-corrected chi connectivity index (χ3v) is 10.5. The Morgan fingerprint density at radius 3 is 2.24 bits per heavy atom. The summed E-state index contributed by atoms with van der Waals surface area (Å²) < 4.78 is 0. The van der Waals surface area contributed by atoms with Gasteiger partial charge < -0.3 is 26.2 Å². The predicted octanol–water partition coefficient (Wildman–Crippen LogP) is 9.93. The van der Waals surface area contributed by atoms with Crippen LogP contribution in [0.4, 0.5) is 11.4 Å². The fourth-order valence-electron chi connectivity index (χ4n) is 7.77. The van der Waals surface area contributed by atoms with Crippen LogP contribution in [0, 0.1) is 0 Å². The number of nitrogens with one attached hydrogen (secondary N) is 4. The van der Waals surface area contributed by atoms with E-state index < -0.39 is 0 Å². The number of dihydropyridines is 1. The number of hydrogen-bond acceptors (Lipinski definition) is 6. The van der Waals surface area contributed by atoms with Crippen LogP contribution in [0.15, 0.2) is 175 Å². The van der Waals surface area contributed by atoms with E-state index in [1.165, 1.54) is 44.4 Å². The number of hydrogen-bond donors (Lipinski definition) is 4. The van der Waals surface area contributed by atoms with Crippen molar-refractivity contribution >= 4 is 40.1 Å². The van der Waals surface area contributed by atoms with Gasteiger partial charge in [-0.15, -0.1) is 0 Å².